The lowest BCUT2D eigenvalue weighted by Gasteiger charge is -2.27. The summed E-state index contributed by atoms with van der Waals surface area (Å²) in [5.41, 5.74) is 1.40. The maximum absolute atomic E-state index is 13.1. The lowest BCUT2D eigenvalue weighted by atomic mass is 9.79. The van der Waals surface area contributed by atoms with Crippen molar-refractivity contribution in [3.05, 3.63) is 57.6 Å². The number of hydrogen-bond acceptors (Lipinski definition) is 5. The highest BCUT2D eigenvalue weighted by molar-refractivity contribution is 6.30. The number of amides is 1. The average molecular weight is 508 g/mol. The number of carbonyl (C=O) groups is 1. The number of aromatic amines is 1. The van der Waals surface area contributed by atoms with Gasteiger partial charge in [-0.05, 0) is 56.7 Å². The number of nitrogens with one attached hydrogen (secondary N) is 2. The maximum atomic E-state index is 13.1. The molecule has 4 aromatic rings. The van der Waals surface area contributed by atoms with Gasteiger partial charge in [-0.1, -0.05) is 43.9 Å². The molecule has 3 aromatic heterocycles. The van der Waals surface area contributed by atoms with E-state index in [-0.39, 0.29) is 23.3 Å². The topological polar surface area (TPSA) is 110 Å². The number of carbonyl (C=O) groups excluding carboxylic acids is 1. The molecule has 1 aliphatic carbocycles. The fraction of sp³-hybridized carbons (Fsp3) is 0.423. The average Bonchev–Trinajstić information content (AvgIpc) is 3.46. The van der Waals surface area contributed by atoms with Crippen molar-refractivity contribution < 1.29 is 4.79 Å². The minimum atomic E-state index is -0.348. The number of benzene rings is 1. The van der Waals surface area contributed by atoms with Gasteiger partial charge in [-0.25, -0.2) is 4.68 Å². The molecule has 10 heteroatoms. The predicted molar refractivity (Wildman–Crippen MR) is 140 cm³/mol. The van der Waals surface area contributed by atoms with E-state index in [1.807, 2.05) is 13.0 Å². The van der Waals surface area contributed by atoms with Gasteiger partial charge in [0.15, 0.2) is 5.65 Å². The number of unbranched alkanes of at least 4 members (excludes halogenated alkanes) is 1. The molecule has 1 aromatic carbocycles. The van der Waals surface area contributed by atoms with Gasteiger partial charge in [-0.15, -0.1) is 0 Å². The van der Waals surface area contributed by atoms with Gasteiger partial charge in [-0.3, -0.25) is 14.6 Å². The second-order valence-electron chi connectivity index (χ2n) is 9.59. The van der Waals surface area contributed by atoms with Crippen molar-refractivity contribution in [3.63, 3.8) is 0 Å². The molecule has 0 bridgehead atoms. The fourth-order valence-corrected chi connectivity index (χ4v) is 5.17. The van der Waals surface area contributed by atoms with Crippen LogP contribution >= 0.6 is 11.6 Å². The van der Waals surface area contributed by atoms with Gasteiger partial charge in [0, 0.05) is 17.0 Å². The molecule has 0 atom stereocenters. The van der Waals surface area contributed by atoms with Crippen molar-refractivity contribution in [2.75, 3.05) is 5.32 Å². The van der Waals surface area contributed by atoms with E-state index >= 15 is 0 Å². The van der Waals surface area contributed by atoms with Crippen LogP contribution in [0, 0.1) is 18.8 Å². The second kappa shape index (κ2) is 10.3. The molecule has 188 valence electrons. The molecule has 5 rings (SSSR count). The van der Waals surface area contributed by atoms with Crippen LogP contribution in [0.25, 0.3) is 22.7 Å². The molecular formula is C26H30ClN7O2. The SMILES string of the molecule is CCCCC1CCC(C(=O)Nc2cc(C)nn2-c2nc3c(cnn3-c3cccc(Cl)c3)c(=O)[nH]2)CC1. The van der Waals surface area contributed by atoms with E-state index in [1.54, 1.807) is 28.9 Å². The molecule has 0 saturated heterocycles. The van der Waals surface area contributed by atoms with Crippen LogP contribution in [-0.2, 0) is 4.79 Å². The maximum Gasteiger partial charge on any atom is 0.263 e. The molecule has 1 saturated carbocycles. The first kappa shape index (κ1) is 24.2. The van der Waals surface area contributed by atoms with Crippen LogP contribution in [-0.4, -0.2) is 35.4 Å². The summed E-state index contributed by atoms with van der Waals surface area (Å²) >= 11 is 6.15. The van der Waals surface area contributed by atoms with E-state index in [2.05, 4.69) is 32.4 Å². The highest BCUT2D eigenvalue weighted by Crippen LogP contribution is 2.32. The van der Waals surface area contributed by atoms with Gasteiger partial charge in [0.2, 0.25) is 11.9 Å². The summed E-state index contributed by atoms with van der Waals surface area (Å²) in [4.78, 5) is 33.4. The molecule has 0 radical (unpaired) electrons. The fourth-order valence-electron chi connectivity index (χ4n) is 4.99. The molecule has 9 nitrogen and oxygen atoms in total. The second-order valence-corrected chi connectivity index (χ2v) is 10.0. The Morgan fingerprint density at radius 3 is 2.75 bits per heavy atom. The quantitative estimate of drug-likeness (QED) is 0.357. The smallest absolute Gasteiger partial charge is 0.263 e. The van der Waals surface area contributed by atoms with Crippen molar-refractivity contribution in [3.8, 4) is 11.6 Å². The van der Waals surface area contributed by atoms with E-state index in [0.29, 0.717) is 33.3 Å². The highest BCUT2D eigenvalue weighted by atomic mass is 35.5. The number of aromatic nitrogens is 6. The Bertz CT molecular complexity index is 1450. The van der Waals surface area contributed by atoms with Gasteiger partial charge in [0.1, 0.15) is 11.2 Å². The Kier molecular flexibility index (Phi) is 6.91. The molecular weight excluding hydrogens is 478 g/mol. The lowest BCUT2D eigenvalue weighted by molar-refractivity contribution is -0.121. The standard InChI is InChI=1S/C26H30ClN7O2/c1-3-4-6-17-9-11-18(12-10-17)24(35)29-22-13-16(2)32-34(22)26-30-23-21(25(36)31-26)15-28-33(23)20-8-5-7-19(27)14-20/h5,7-8,13-15,17-18H,3-4,6,9-12H2,1-2H3,(H,29,35)(H,30,31,36). The Hall–Kier alpha value is -3.46. The number of H-pyrrole nitrogens is 1. The first-order chi connectivity index (χ1) is 17.4. The zero-order chi connectivity index (χ0) is 25.2. The van der Waals surface area contributed by atoms with Gasteiger partial charge >= 0.3 is 0 Å². The summed E-state index contributed by atoms with van der Waals surface area (Å²) in [6.45, 7) is 4.05. The molecule has 1 fully saturated rings. The van der Waals surface area contributed by atoms with E-state index in [4.69, 9.17) is 11.6 Å². The van der Waals surface area contributed by atoms with Crippen LogP contribution in [0.4, 0.5) is 5.82 Å². The third-order valence-electron chi connectivity index (χ3n) is 6.95. The van der Waals surface area contributed by atoms with Gasteiger partial charge in [0.05, 0.1) is 17.6 Å². The van der Waals surface area contributed by atoms with E-state index < -0.39 is 0 Å². The summed E-state index contributed by atoms with van der Waals surface area (Å²) in [6.07, 6.45) is 9.17. The number of halogens is 1. The zero-order valence-corrected chi connectivity index (χ0v) is 21.3. The van der Waals surface area contributed by atoms with Gasteiger partial charge in [0.25, 0.3) is 5.56 Å². The first-order valence-electron chi connectivity index (χ1n) is 12.5. The van der Waals surface area contributed by atoms with Gasteiger partial charge < -0.3 is 5.32 Å². The van der Waals surface area contributed by atoms with Crippen molar-refractivity contribution in [1.29, 1.82) is 0 Å². The molecule has 1 amide bonds. The summed E-state index contributed by atoms with van der Waals surface area (Å²) in [5, 5.41) is 12.8. The molecule has 36 heavy (non-hydrogen) atoms. The minimum absolute atomic E-state index is 0.0162. The number of aryl methyl sites for hydroxylation is 1. The number of rotatable bonds is 7. The van der Waals surface area contributed by atoms with Crippen LogP contribution in [0.5, 0.6) is 0 Å². The summed E-state index contributed by atoms with van der Waals surface area (Å²) < 4.78 is 3.03. The van der Waals surface area contributed by atoms with Gasteiger partial charge in [-0.2, -0.15) is 19.9 Å². The molecule has 1 aliphatic rings. The molecule has 0 unspecified atom stereocenters. The summed E-state index contributed by atoms with van der Waals surface area (Å²) in [7, 11) is 0. The largest absolute Gasteiger partial charge is 0.310 e. The Morgan fingerprint density at radius 2 is 2.00 bits per heavy atom. The van der Waals surface area contributed by atoms with Crippen molar-refractivity contribution >= 4 is 34.4 Å². The summed E-state index contributed by atoms with van der Waals surface area (Å²) in [6, 6.07) is 8.94. The number of nitrogens with zero attached hydrogens (tertiary/aromatic N) is 5. The van der Waals surface area contributed by atoms with Crippen LogP contribution < -0.4 is 10.9 Å². The molecule has 3 heterocycles. The van der Waals surface area contributed by atoms with Crippen molar-refractivity contribution in [2.45, 2.75) is 58.8 Å². The lowest BCUT2D eigenvalue weighted by Crippen LogP contribution is -2.28. The molecule has 0 spiro atoms. The Balaban J connectivity index is 1.42. The van der Waals surface area contributed by atoms with E-state index in [0.717, 1.165) is 31.6 Å². The van der Waals surface area contributed by atoms with E-state index in [1.165, 1.54) is 30.1 Å². The van der Waals surface area contributed by atoms with Crippen LogP contribution in [0.15, 0.2) is 41.3 Å². The Labute approximate surface area is 213 Å². The Morgan fingerprint density at radius 1 is 1.19 bits per heavy atom. The van der Waals surface area contributed by atoms with Crippen LogP contribution in [0.1, 0.15) is 57.6 Å². The monoisotopic (exact) mass is 507 g/mol. The third-order valence-corrected chi connectivity index (χ3v) is 7.18. The zero-order valence-electron chi connectivity index (χ0n) is 20.5. The van der Waals surface area contributed by atoms with Crippen LogP contribution in [0.2, 0.25) is 5.02 Å². The molecule has 0 aliphatic heterocycles. The highest BCUT2D eigenvalue weighted by Gasteiger charge is 2.27. The minimum Gasteiger partial charge on any atom is -0.310 e. The first-order valence-corrected chi connectivity index (χ1v) is 12.9. The van der Waals surface area contributed by atoms with E-state index in [9.17, 15) is 9.59 Å². The normalized spacial score (nSPS) is 18.0. The number of hydrogen-bond donors (Lipinski definition) is 2. The van der Waals surface area contributed by atoms with Crippen molar-refractivity contribution in [2.24, 2.45) is 11.8 Å². The number of anilines is 1. The number of fused-ring (bicyclic) bond motifs is 1. The predicted octanol–water partition coefficient (Wildman–Crippen LogP) is 5.19. The third kappa shape index (κ3) is 4.93. The van der Waals surface area contributed by atoms with Crippen molar-refractivity contribution in [1.82, 2.24) is 29.5 Å². The summed E-state index contributed by atoms with van der Waals surface area (Å²) in [5.74, 6) is 1.36. The van der Waals surface area contributed by atoms with Crippen LogP contribution in [0.3, 0.4) is 0 Å². The molecule has 2 N–H and O–H groups in total.